The van der Waals surface area contributed by atoms with Crippen LogP contribution in [0.25, 0.3) is 0 Å². The minimum Gasteiger partial charge on any atom is -0.508 e. The average Bonchev–Trinajstić information content (AvgIpc) is 2.09. The Morgan fingerprint density at radius 2 is 2.31 bits per heavy atom. The van der Waals surface area contributed by atoms with Gasteiger partial charge in [0.1, 0.15) is 5.75 Å². The van der Waals surface area contributed by atoms with Crippen LogP contribution in [0.3, 0.4) is 0 Å². The smallest absolute Gasteiger partial charge is 0.115 e. The van der Waals surface area contributed by atoms with E-state index in [0.29, 0.717) is 0 Å². The molecule has 0 heterocycles. The number of nitriles is 1. The number of phenolic OH excluding ortho intramolecular Hbond substituents is 1. The lowest BCUT2D eigenvalue weighted by Crippen LogP contribution is -2.10. The highest BCUT2D eigenvalue weighted by atomic mass is 16.3. The molecule has 0 saturated carbocycles. The number of nitrogens with two attached hydrogens (primary N) is 1. The molecular formula is C10H12N2O. The maximum atomic E-state index is 9.22. The summed E-state index contributed by atoms with van der Waals surface area (Å²) in [5, 5.41) is 17.7. The highest BCUT2D eigenvalue weighted by Gasteiger charge is 2.08. The van der Waals surface area contributed by atoms with Gasteiger partial charge in [0.2, 0.25) is 0 Å². The summed E-state index contributed by atoms with van der Waals surface area (Å²) in [7, 11) is 0. The monoisotopic (exact) mass is 176 g/mol. The van der Waals surface area contributed by atoms with Crippen LogP contribution < -0.4 is 5.73 Å². The van der Waals surface area contributed by atoms with Gasteiger partial charge in [-0.15, -0.1) is 0 Å². The number of rotatable bonds is 2. The average molecular weight is 176 g/mol. The summed E-state index contributed by atoms with van der Waals surface area (Å²) in [6.07, 6.45) is 0.268. The summed E-state index contributed by atoms with van der Waals surface area (Å²) in [5.74, 6) is 0.189. The maximum Gasteiger partial charge on any atom is 0.115 e. The number of nitrogens with zero attached hydrogens (tertiary/aromatic N) is 1. The predicted octanol–water partition coefficient (Wildman–Crippen LogP) is 1.61. The van der Waals surface area contributed by atoms with Crippen LogP contribution in [0.2, 0.25) is 0 Å². The Kier molecular flexibility index (Phi) is 2.88. The largest absolute Gasteiger partial charge is 0.508 e. The first-order chi connectivity index (χ1) is 6.15. The van der Waals surface area contributed by atoms with Crippen molar-refractivity contribution >= 4 is 0 Å². The van der Waals surface area contributed by atoms with Crippen LogP contribution in [-0.4, -0.2) is 5.11 Å². The number of hydrogen-bond acceptors (Lipinski definition) is 3. The molecule has 1 rings (SSSR count). The van der Waals surface area contributed by atoms with E-state index in [4.69, 9.17) is 11.0 Å². The van der Waals surface area contributed by atoms with Gasteiger partial charge in [-0.05, 0) is 30.2 Å². The SMILES string of the molecule is Cc1ccc(O)cc1[C@@H](N)CC#N. The molecule has 0 bridgehead atoms. The predicted molar refractivity (Wildman–Crippen MR) is 50.0 cm³/mol. The van der Waals surface area contributed by atoms with Crippen molar-refractivity contribution in [2.75, 3.05) is 0 Å². The molecular weight excluding hydrogens is 164 g/mol. The van der Waals surface area contributed by atoms with Crippen molar-refractivity contribution in [3.05, 3.63) is 29.3 Å². The van der Waals surface area contributed by atoms with Gasteiger partial charge in [-0.2, -0.15) is 5.26 Å². The van der Waals surface area contributed by atoms with Gasteiger partial charge < -0.3 is 10.8 Å². The zero-order chi connectivity index (χ0) is 9.84. The zero-order valence-corrected chi connectivity index (χ0v) is 7.49. The van der Waals surface area contributed by atoms with Crippen molar-refractivity contribution in [2.45, 2.75) is 19.4 Å². The van der Waals surface area contributed by atoms with Crippen molar-refractivity contribution in [1.82, 2.24) is 0 Å². The van der Waals surface area contributed by atoms with Crippen molar-refractivity contribution < 1.29 is 5.11 Å². The number of phenols is 1. The van der Waals surface area contributed by atoms with Crippen LogP contribution in [0.15, 0.2) is 18.2 Å². The fraction of sp³-hybridized carbons (Fsp3) is 0.300. The van der Waals surface area contributed by atoms with Gasteiger partial charge in [0.25, 0.3) is 0 Å². The third kappa shape index (κ3) is 2.20. The van der Waals surface area contributed by atoms with Crippen molar-refractivity contribution in [3.63, 3.8) is 0 Å². The second kappa shape index (κ2) is 3.92. The van der Waals surface area contributed by atoms with Crippen LogP contribution >= 0.6 is 0 Å². The molecule has 0 aromatic heterocycles. The third-order valence-electron chi connectivity index (χ3n) is 1.97. The summed E-state index contributed by atoms with van der Waals surface area (Å²) in [6.45, 7) is 1.91. The molecule has 13 heavy (non-hydrogen) atoms. The van der Waals surface area contributed by atoms with Crippen LogP contribution in [0, 0.1) is 18.3 Å². The molecule has 0 aliphatic carbocycles. The van der Waals surface area contributed by atoms with Gasteiger partial charge in [-0.1, -0.05) is 6.07 Å². The molecule has 1 aromatic rings. The molecule has 0 unspecified atom stereocenters. The normalized spacial score (nSPS) is 12.1. The van der Waals surface area contributed by atoms with E-state index in [1.807, 2.05) is 13.0 Å². The number of aromatic hydroxyl groups is 1. The molecule has 0 amide bonds. The molecule has 0 fully saturated rings. The zero-order valence-electron chi connectivity index (χ0n) is 7.49. The highest BCUT2D eigenvalue weighted by molar-refractivity contribution is 5.36. The fourth-order valence-corrected chi connectivity index (χ4v) is 1.24. The second-order valence-corrected chi connectivity index (χ2v) is 3.01. The van der Waals surface area contributed by atoms with E-state index in [1.54, 1.807) is 18.2 Å². The van der Waals surface area contributed by atoms with Crippen LogP contribution in [0.4, 0.5) is 0 Å². The maximum absolute atomic E-state index is 9.22. The van der Waals surface area contributed by atoms with Gasteiger partial charge in [-0.25, -0.2) is 0 Å². The summed E-state index contributed by atoms with van der Waals surface area (Å²) in [4.78, 5) is 0. The quantitative estimate of drug-likeness (QED) is 0.719. The van der Waals surface area contributed by atoms with E-state index in [2.05, 4.69) is 0 Å². The molecule has 0 spiro atoms. The number of hydrogen-bond donors (Lipinski definition) is 2. The molecule has 1 aromatic carbocycles. The first-order valence-corrected chi connectivity index (χ1v) is 4.07. The molecule has 0 aliphatic heterocycles. The molecule has 68 valence electrons. The molecule has 1 atom stereocenters. The van der Waals surface area contributed by atoms with E-state index < -0.39 is 0 Å². The molecule has 0 saturated heterocycles. The van der Waals surface area contributed by atoms with E-state index in [0.717, 1.165) is 11.1 Å². The van der Waals surface area contributed by atoms with Crippen molar-refractivity contribution in [3.8, 4) is 11.8 Å². The Morgan fingerprint density at radius 1 is 1.62 bits per heavy atom. The topological polar surface area (TPSA) is 70.0 Å². The fourth-order valence-electron chi connectivity index (χ4n) is 1.24. The summed E-state index contributed by atoms with van der Waals surface area (Å²) < 4.78 is 0. The van der Waals surface area contributed by atoms with Crippen LogP contribution in [-0.2, 0) is 0 Å². The van der Waals surface area contributed by atoms with Gasteiger partial charge >= 0.3 is 0 Å². The lowest BCUT2D eigenvalue weighted by molar-refractivity contribution is 0.473. The second-order valence-electron chi connectivity index (χ2n) is 3.01. The van der Waals surface area contributed by atoms with Gasteiger partial charge in [0.15, 0.2) is 0 Å². The minimum absolute atomic E-state index is 0.189. The number of benzene rings is 1. The highest BCUT2D eigenvalue weighted by Crippen LogP contribution is 2.22. The first kappa shape index (κ1) is 9.56. The summed E-state index contributed by atoms with van der Waals surface area (Å²) in [5.41, 5.74) is 7.58. The van der Waals surface area contributed by atoms with Gasteiger partial charge in [-0.3, -0.25) is 0 Å². The Labute approximate surface area is 77.4 Å². The van der Waals surface area contributed by atoms with Crippen LogP contribution in [0.5, 0.6) is 5.75 Å². The summed E-state index contributed by atoms with van der Waals surface area (Å²) in [6, 6.07) is 6.71. The van der Waals surface area contributed by atoms with Crippen LogP contribution in [0.1, 0.15) is 23.6 Å². The Morgan fingerprint density at radius 3 is 2.92 bits per heavy atom. The Hall–Kier alpha value is -1.53. The molecule has 0 radical (unpaired) electrons. The Bertz CT molecular complexity index is 341. The molecule has 3 heteroatoms. The molecule has 3 N–H and O–H groups in total. The third-order valence-corrected chi connectivity index (χ3v) is 1.97. The number of aryl methyl sites for hydroxylation is 1. The standard InChI is InChI=1S/C10H12N2O/c1-7-2-3-8(13)6-9(7)10(12)4-5-11/h2-3,6,10,13H,4,12H2,1H3/t10-/m0/s1. The Balaban J connectivity index is 3.00. The lowest BCUT2D eigenvalue weighted by Gasteiger charge is -2.11. The minimum atomic E-state index is -0.308. The van der Waals surface area contributed by atoms with E-state index >= 15 is 0 Å². The van der Waals surface area contributed by atoms with Gasteiger partial charge in [0, 0.05) is 6.04 Å². The van der Waals surface area contributed by atoms with E-state index in [9.17, 15) is 5.11 Å². The van der Waals surface area contributed by atoms with E-state index in [-0.39, 0.29) is 18.2 Å². The van der Waals surface area contributed by atoms with E-state index in [1.165, 1.54) is 0 Å². The van der Waals surface area contributed by atoms with Crippen molar-refractivity contribution in [1.29, 1.82) is 5.26 Å². The molecule has 0 aliphatic rings. The van der Waals surface area contributed by atoms with Crippen molar-refractivity contribution in [2.24, 2.45) is 5.73 Å². The lowest BCUT2D eigenvalue weighted by atomic mass is 10.00. The molecule has 3 nitrogen and oxygen atoms in total. The van der Waals surface area contributed by atoms with Gasteiger partial charge in [0.05, 0.1) is 12.5 Å². The first-order valence-electron chi connectivity index (χ1n) is 4.07. The summed E-state index contributed by atoms with van der Waals surface area (Å²) >= 11 is 0.